The molecule has 2 N–H and O–H groups in total. The highest BCUT2D eigenvalue weighted by Crippen LogP contribution is 2.29. The fourth-order valence-electron chi connectivity index (χ4n) is 2.02. The molecule has 3 rings (SSSR count). The quantitative estimate of drug-likeness (QED) is 0.326. The number of para-hydroxylation sites is 1. The summed E-state index contributed by atoms with van der Waals surface area (Å²) in [6.45, 7) is 0. The van der Waals surface area contributed by atoms with E-state index >= 15 is 0 Å². The van der Waals surface area contributed by atoms with E-state index in [2.05, 4.69) is 20.8 Å². The predicted molar refractivity (Wildman–Crippen MR) is 107 cm³/mol. The van der Waals surface area contributed by atoms with Crippen LogP contribution in [0.5, 0.6) is 0 Å². The Morgan fingerprint density at radius 2 is 1.96 bits per heavy atom. The molecule has 0 spiro atoms. The molecule has 2 aromatic carbocycles. The van der Waals surface area contributed by atoms with Gasteiger partial charge >= 0.3 is 0 Å². The molecule has 1 heterocycles. The number of amides is 1. The minimum atomic E-state index is -0.602. The van der Waals surface area contributed by atoms with Gasteiger partial charge in [-0.05, 0) is 24.3 Å². The van der Waals surface area contributed by atoms with Crippen LogP contribution in [-0.4, -0.2) is 26.8 Å². The van der Waals surface area contributed by atoms with E-state index < -0.39 is 4.92 Å². The summed E-state index contributed by atoms with van der Waals surface area (Å²) in [6.07, 6.45) is 0. The predicted octanol–water partition coefficient (Wildman–Crippen LogP) is 4.57. The van der Waals surface area contributed by atoms with Crippen molar-refractivity contribution in [3.05, 3.63) is 63.7 Å². The van der Waals surface area contributed by atoms with Crippen LogP contribution in [0.15, 0.2) is 52.9 Å². The van der Waals surface area contributed by atoms with Crippen LogP contribution in [-0.2, 0) is 4.79 Å². The van der Waals surface area contributed by atoms with Gasteiger partial charge in [0.1, 0.15) is 5.02 Å². The molecule has 0 aliphatic rings. The molecule has 0 aliphatic heterocycles. The van der Waals surface area contributed by atoms with Crippen LogP contribution in [0.3, 0.4) is 0 Å². The summed E-state index contributed by atoms with van der Waals surface area (Å²) < 4.78 is 0.630. The maximum Gasteiger partial charge on any atom is 0.289 e. The van der Waals surface area contributed by atoms with Gasteiger partial charge in [0.15, 0.2) is 4.34 Å². The standard InChI is InChI=1S/C16H12ClN5O3S2/c17-12-7-6-11(8-13(12)22(24)25)18-14(23)9-26-16-21-20-15(27-16)19-10-4-2-1-3-5-10/h1-8H,9H2,(H,18,23)(H,19,20). The summed E-state index contributed by atoms with van der Waals surface area (Å²) in [4.78, 5) is 22.3. The molecule has 8 nitrogen and oxygen atoms in total. The molecule has 0 unspecified atom stereocenters. The number of nitro groups is 1. The number of halogens is 1. The number of aromatic nitrogens is 2. The molecule has 0 aliphatic carbocycles. The summed E-state index contributed by atoms with van der Waals surface area (Å²) >= 11 is 8.30. The number of anilines is 3. The summed E-state index contributed by atoms with van der Waals surface area (Å²) in [5.41, 5.74) is 0.940. The van der Waals surface area contributed by atoms with Crippen molar-refractivity contribution >= 4 is 62.8 Å². The zero-order valence-corrected chi connectivity index (χ0v) is 16.0. The highest BCUT2D eigenvalue weighted by atomic mass is 35.5. The Labute approximate surface area is 167 Å². The smallest absolute Gasteiger partial charge is 0.289 e. The Morgan fingerprint density at radius 3 is 2.70 bits per heavy atom. The van der Waals surface area contributed by atoms with Gasteiger partial charge in [-0.15, -0.1) is 10.2 Å². The van der Waals surface area contributed by atoms with Gasteiger partial charge in [0.05, 0.1) is 10.7 Å². The van der Waals surface area contributed by atoms with Gasteiger partial charge < -0.3 is 10.6 Å². The second kappa shape index (κ2) is 8.80. The number of hydrogen-bond acceptors (Lipinski definition) is 8. The monoisotopic (exact) mass is 421 g/mol. The number of nitrogens with zero attached hydrogens (tertiary/aromatic N) is 3. The first-order valence-electron chi connectivity index (χ1n) is 7.53. The molecule has 0 bridgehead atoms. The van der Waals surface area contributed by atoms with Crippen molar-refractivity contribution in [1.29, 1.82) is 0 Å². The topological polar surface area (TPSA) is 110 Å². The van der Waals surface area contributed by atoms with E-state index in [4.69, 9.17) is 11.6 Å². The van der Waals surface area contributed by atoms with Gasteiger partial charge in [-0.1, -0.05) is 52.9 Å². The van der Waals surface area contributed by atoms with Crippen LogP contribution in [0.1, 0.15) is 0 Å². The molecule has 27 heavy (non-hydrogen) atoms. The molecule has 0 fully saturated rings. The third-order valence-electron chi connectivity index (χ3n) is 3.18. The van der Waals surface area contributed by atoms with E-state index in [-0.39, 0.29) is 22.4 Å². The number of nitro benzene ring substituents is 1. The average molecular weight is 422 g/mol. The lowest BCUT2D eigenvalue weighted by Gasteiger charge is -2.04. The van der Waals surface area contributed by atoms with Gasteiger partial charge in [-0.25, -0.2) is 0 Å². The molecule has 3 aromatic rings. The third-order valence-corrected chi connectivity index (χ3v) is 5.48. The lowest BCUT2D eigenvalue weighted by atomic mass is 10.3. The van der Waals surface area contributed by atoms with Gasteiger partial charge in [0.25, 0.3) is 5.69 Å². The second-order valence-corrected chi connectivity index (χ2v) is 7.73. The minimum Gasteiger partial charge on any atom is -0.330 e. The average Bonchev–Trinajstić information content (AvgIpc) is 3.09. The Morgan fingerprint density at radius 1 is 1.19 bits per heavy atom. The lowest BCUT2D eigenvalue weighted by Crippen LogP contribution is -2.14. The highest BCUT2D eigenvalue weighted by Gasteiger charge is 2.14. The highest BCUT2D eigenvalue weighted by molar-refractivity contribution is 8.01. The van der Waals surface area contributed by atoms with Crippen molar-refractivity contribution < 1.29 is 9.72 Å². The minimum absolute atomic E-state index is 0.0136. The number of benzene rings is 2. The van der Waals surface area contributed by atoms with Gasteiger partial charge in [0.2, 0.25) is 11.0 Å². The number of thioether (sulfide) groups is 1. The largest absolute Gasteiger partial charge is 0.330 e. The van der Waals surface area contributed by atoms with Crippen molar-refractivity contribution in [1.82, 2.24) is 10.2 Å². The summed E-state index contributed by atoms with van der Waals surface area (Å²) in [6, 6.07) is 13.6. The molecule has 0 saturated carbocycles. The molecular weight excluding hydrogens is 410 g/mol. The van der Waals surface area contributed by atoms with E-state index in [1.807, 2.05) is 30.3 Å². The molecule has 0 radical (unpaired) electrons. The molecule has 11 heteroatoms. The summed E-state index contributed by atoms with van der Waals surface area (Å²) in [5.74, 6) is -0.222. The third kappa shape index (κ3) is 5.39. The van der Waals surface area contributed by atoms with Gasteiger partial charge in [-0.3, -0.25) is 14.9 Å². The molecular formula is C16H12ClN5O3S2. The first kappa shape index (κ1) is 19.1. The molecule has 0 saturated heterocycles. The van der Waals surface area contributed by atoms with Crippen LogP contribution in [0, 0.1) is 10.1 Å². The molecule has 0 atom stereocenters. The number of carbonyl (C=O) groups is 1. The van der Waals surface area contributed by atoms with Crippen LogP contribution < -0.4 is 10.6 Å². The maximum absolute atomic E-state index is 12.1. The maximum atomic E-state index is 12.1. The SMILES string of the molecule is O=C(CSc1nnc(Nc2ccccc2)s1)Nc1ccc(Cl)c([N+](=O)[O-])c1. The first-order chi connectivity index (χ1) is 13.0. The number of carbonyl (C=O) groups excluding carboxylic acids is 1. The van der Waals surface area contributed by atoms with Crippen molar-refractivity contribution in [3.63, 3.8) is 0 Å². The first-order valence-corrected chi connectivity index (χ1v) is 9.71. The fourth-order valence-corrected chi connectivity index (χ4v) is 3.78. The van der Waals surface area contributed by atoms with Crippen molar-refractivity contribution in [3.8, 4) is 0 Å². The Kier molecular flexibility index (Phi) is 6.22. The molecule has 138 valence electrons. The van der Waals surface area contributed by atoms with E-state index in [0.29, 0.717) is 15.2 Å². The Hall–Kier alpha value is -2.69. The van der Waals surface area contributed by atoms with Gasteiger partial charge in [-0.2, -0.15) is 0 Å². The van der Waals surface area contributed by atoms with Crippen molar-refractivity contribution in [2.24, 2.45) is 0 Å². The number of hydrogen-bond donors (Lipinski definition) is 2. The van der Waals surface area contributed by atoms with E-state index in [1.54, 1.807) is 0 Å². The van der Waals surface area contributed by atoms with E-state index in [0.717, 1.165) is 5.69 Å². The van der Waals surface area contributed by atoms with Crippen LogP contribution in [0.2, 0.25) is 5.02 Å². The lowest BCUT2D eigenvalue weighted by molar-refractivity contribution is -0.384. The van der Waals surface area contributed by atoms with E-state index in [9.17, 15) is 14.9 Å². The zero-order chi connectivity index (χ0) is 19.2. The molecule has 1 amide bonds. The fraction of sp³-hybridized carbons (Fsp3) is 0.0625. The summed E-state index contributed by atoms with van der Waals surface area (Å²) in [5, 5.41) is 25.3. The Balaban J connectivity index is 1.54. The number of rotatable bonds is 7. The van der Waals surface area contributed by atoms with Crippen LogP contribution >= 0.6 is 34.7 Å². The van der Waals surface area contributed by atoms with Gasteiger partial charge in [0, 0.05) is 17.4 Å². The van der Waals surface area contributed by atoms with Crippen LogP contribution in [0.25, 0.3) is 0 Å². The number of nitrogens with one attached hydrogen (secondary N) is 2. The van der Waals surface area contributed by atoms with Crippen molar-refractivity contribution in [2.75, 3.05) is 16.4 Å². The Bertz CT molecular complexity index is 968. The van der Waals surface area contributed by atoms with Crippen molar-refractivity contribution in [2.45, 2.75) is 4.34 Å². The molecule has 1 aromatic heterocycles. The normalized spacial score (nSPS) is 10.4. The van der Waals surface area contributed by atoms with Crippen LogP contribution in [0.4, 0.5) is 22.2 Å². The van der Waals surface area contributed by atoms with E-state index in [1.165, 1.54) is 41.3 Å². The zero-order valence-electron chi connectivity index (χ0n) is 13.6. The second-order valence-electron chi connectivity index (χ2n) is 5.12. The summed E-state index contributed by atoms with van der Waals surface area (Å²) in [7, 11) is 0.